The number of amides is 2. The molecule has 1 heterocycles. The van der Waals surface area contributed by atoms with Gasteiger partial charge in [-0.1, -0.05) is 19.6 Å². The lowest BCUT2D eigenvalue weighted by Crippen LogP contribution is -2.79. The van der Waals surface area contributed by atoms with Gasteiger partial charge in [-0.15, -0.1) is 0 Å². The molecule has 3 rings (SSSR count). The molecule has 6 nitrogen and oxygen atoms in total. The van der Waals surface area contributed by atoms with E-state index in [1.54, 1.807) is 6.07 Å². The van der Waals surface area contributed by atoms with Gasteiger partial charge in [0.25, 0.3) is 11.8 Å². The fraction of sp³-hybridized carbons (Fsp3) is 0.429. The van der Waals surface area contributed by atoms with Crippen molar-refractivity contribution in [2.75, 3.05) is 50.0 Å². The molecule has 2 amide bonds. The van der Waals surface area contributed by atoms with Gasteiger partial charge in [0.1, 0.15) is 0 Å². The van der Waals surface area contributed by atoms with E-state index >= 15 is 0 Å². The Balaban J connectivity index is 0.000000771. The van der Waals surface area contributed by atoms with Crippen LogP contribution in [0, 0.1) is 0 Å². The minimum absolute atomic E-state index is 0. The van der Waals surface area contributed by atoms with Crippen LogP contribution in [0.15, 0.2) is 30.3 Å². The van der Waals surface area contributed by atoms with Gasteiger partial charge in [-0.05, 0) is 18.2 Å². The maximum atomic E-state index is 12.7. The minimum Gasteiger partial charge on any atom is -0.384 e. The van der Waals surface area contributed by atoms with E-state index in [1.807, 2.05) is 24.3 Å². The summed E-state index contributed by atoms with van der Waals surface area (Å²) in [5.74, 6) is 0.784. The third-order valence-corrected chi connectivity index (χ3v) is 4.89. The Kier molecular flexibility index (Phi) is 11.1. The number of imide groups is 1. The van der Waals surface area contributed by atoms with E-state index < -0.39 is 0 Å². The van der Waals surface area contributed by atoms with Gasteiger partial charge < -0.3 is 16.4 Å². The zero-order valence-corrected chi connectivity index (χ0v) is 17.9. The number of carbonyl (C=O) groups is 2. The first-order valence-corrected chi connectivity index (χ1v) is 10.7. The summed E-state index contributed by atoms with van der Waals surface area (Å²) in [5, 5.41) is 7.26. The van der Waals surface area contributed by atoms with Gasteiger partial charge in [0, 0.05) is 65.1 Å². The van der Waals surface area contributed by atoms with Crippen molar-refractivity contribution >= 4 is 53.5 Å². The van der Waals surface area contributed by atoms with Crippen LogP contribution in [0.2, 0.25) is 0 Å². The highest BCUT2D eigenvalue weighted by Gasteiger charge is 2.32. The number of rotatable bonds is 8. The fourth-order valence-corrected chi connectivity index (χ4v) is 3.33. The van der Waals surface area contributed by atoms with Crippen molar-refractivity contribution in [1.82, 2.24) is 4.90 Å². The van der Waals surface area contributed by atoms with Gasteiger partial charge in [0.2, 0.25) is 0 Å². The summed E-state index contributed by atoms with van der Waals surface area (Å²) >= 11 is 7.95. The van der Waals surface area contributed by atoms with E-state index in [0.29, 0.717) is 30.0 Å². The molecule has 0 aliphatic carbocycles. The molecule has 160 valence electrons. The van der Waals surface area contributed by atoms with Crippen LogP contribution in [0.5, 0.6) is 0 Å². The average molecular weight is 438 g/mol. The number of carbonyl (C=O) groups excluding carboxylic acids is 2. The number of hydrogen-bond donors (Lipinski definition) is 5. The maximum Gasteiger partial charge on any atom is 0.261 e. The van der Waals surface area contributed by atoms with Crippen LogP contribution in [0.25, 0.3) is 10.8 Å². The molecule has 0 spiro atoms. The second-order valence-electron chi connectivity index (χ2n) is 6.36. The first kappa shape index (κ1) is 25.3. The SMILES string of the molecule is C.C[NH2+]CCCNc1ccc2c3c(cccc13)C(=O)N(CCS)C2=O.NCCS. The number of thiol groups is 2. The summed E-state index contributed by atoms with van der Waals surface area (Å²) < 4.78 is 0. The van der Waals surface area contributed by atoms with Crippen molar-refractivity contribution in [2.24, 2.45) is 5.73 Å². The van der Waals surface area contributed by atoms with E-state index in [9.17, 15) is 9.59 Å². The molecule has 29 heavy (non-hydrogen) atoms. The molecule has 2 aromatic carbocycles. The normalized spacial score (nSPS) is 12.3. The van der Waals surface area contributed by atoms with Gasteiger partial charge in [-0.25, -0.2) is 0 Å². The Morgan fingerprint density at radius 3 is 2.31 bits per heavy atom. The van der Waals surface area contributed by atoms with E-state index in [1.165, 1.54) is 4.90 Å². The monoisotopic (exact) mass is 437 g/mol. The molecule has 0 fully saturated rings. The molecule has 5 N–H and O–H groups in total. The molecule has 0 radical (unpaired) electrons. The van der Waals surface area contributed by atoms with Crippen LogP contribution in [0.4, 0.5) is 5.69 Å². The smallest absolute Gasteiger partial charge is 0.261 e. The lowest BCUT2D eigenvalue weighted by Gasteiger charge is -2.27. The molecule has 2 aromatic rings. The summed E-state index contributed by atoms with van der Waals surface area (Å²) in [6.07, 6.45) is 1.05. The van der Waals surface area contributed by atoms with E-state index in [-0.39, 0.29) is 19.2 Å². The molecule has 0 saturated heterocycles. The lowest BCUT2D eigenvalue weighted by molar-refractivity contribution is -0.626. The zero-order valence-electron chi connectivity index (χ0n) is 16.1. The Morgan fingerprint density at radius 2 is 1.72 bits per heavy atom. The predicted molar refractivity (Wildman–Crippen MR) is 129 cm³/mol. The molecular formula is C21H33N4O2S2+. The van der Waals surface area contributed by atoms with Gasteiger partial charge in [-0.3, -0.25) is 14.5 Å². The Labute approximate surface area is 184 Å². The minimum atomic E-state index is -0.232. The Morgan fingerprint density at radius 1 is 1.07 bits per heavy atom. The zero-order chi connectivity index (χ0) is 20.5. The number of nitrogens with one attached hydrogen (secondary N) is 1. The quantitative estimate of drug-likeness (QED) is 0.248. The highest BCUT2D eigenvalue weighted by atomic mass is 32.1. The second kappa shape index (κ2) is 12.7. The molecule has 0 bridgehead atoms. The van der Waals surface area contributed by atoms with Crippen LogP contribution in [-0.4, -0.2) is 61.4 Å². The molecule has 0 unspecified atom stereocenters. The number of hydrogen-bond acceptors (Lipinski definition) is 6. The molecule has 0 saturated carbocycles. The van der Waals surface area contributed by atoms with Gasteiger partial charge in [0.15, 0.2) is 0 Å². The molecule has 0 aromatic heterocycles. The number of anilines is 1. The van der Waals surface area contributed by atoms with Crippen molar-refractivity contribution < 1.29 is 14.9 Å². The van der Waals surface area contributed by atoms with E-state index in [2.05, 4.69) is 42.9 Å². The Bertz CT molecular complexity index is 805. The van der Waals surface area contributed by atoms with Gasteiger partial charge >= 0.3 is 0 Å². The molecule has 0 atom stereocenters. The summed E-state index contributed by atoms with van der Waals surface area (Å²) in [4.78, 5) is 26.6. The van der Waals surface area contributed by atoms with Crippen molar-refractivity contribution in [3.05, 3.63) is 41.5 Å². The lowest BCUT2D eigenvalue weighted by atomic mass is 9.93. The largest absolute Gasteiger partial charge is 0.384 e. The molecule has 8 heteroatoms. The highest BCUT2D eigenvalue weighted by Crippen LogP contribution is 2.34. The van der Waals surface area contributed by atoms with Crippen LogP contribution in [-0.2, 0) is 0 Å². The summed E-state index contributed by atoms with van der Waals surface area (Å²) in [6.45, 7) is 2.92. The molecular weight excluding hydrogens is 404 g/mol. The third kappa shape index (κ3) is 5.88. The number of nitrogens with two attached hydrogens (primary N) is 2. The topological polar surface area (TPSA) is 92.0 Å². The first-order chi connectivity index (χ1) is 13.6. The second-order valence-corrected chi connectivity index (χ2v) is 7.26. The standard InChI is InChI=1S/C18H21N3O2S.C2H7NS.CH4/c1-19-8-3-9-20-15-7-6-14-16-12(15)4-2-5-13(16)17(22)21(10-11-24)18(14)23;3-1-2-4;/h2,4-7,19-20,24H,3,8-11H2,1H3;4H,1-3H2;1H4/p+1. The highest BCUT2D eigenvalue weighted by molar-refractivity contribution is 7.80. The van der Waals surface area contributed by atoms with E-state index in [0.717, 1.165) is 41.7 Å². The van der Waals surface area contributed by atoms with Gasteiger partial charge in [0.05, 0.1) is 13.6 Å². The van der Waals surface area contributed by atoms with Crippen molar-refractivity contribution in [2.45, 2.75) is 13.8 Å². The number of quaternary nitrogens is 1. The summed E-state index contributed by atoms with van der Waals surface area (Å²) in [6, 6.07) is 9.39. The van der Waals surface area contributed by atoms with Crippen LogP contribution in [0.3, 0.4) is 0 Å². The Hall–Kier alpha value is -1.74. The summed E-state index contributed by atoms with van der Waals surface area (Å²) in [5.41, 5.74) is 7.10. The van der Waals surface area contributed by atoms with Crippen molar-refractivity contribution in [3.63, 3.8) is 0 Å². The van der Waals surface area contributed by atoms with Crippen LogP contribution >= 0.6 is 25.3 Å². The first-order valence-electron chi connectivity index (χ1n) is 9.46. The van der Waals surface area contributed by atoms with Crippen LogP contribution in [0.1, 0.15) is 34.6 Å². The molecule has 1 aliphatic rings. The number of nitrogens with zero attached hydrogens (tertiary/aromatic N) is 1. The van der Waals surface area contributed by atoms with Crippen molar-refractivity contribution in [1.29, 1.82) is 0 Å². The van der Waals surface area contributed by atoms with E-state index in [4.69, 9.17) is 5.73 Å². The summed E-state index contributed by atoms with van der Waals surface area (Å²) in [7, 11) is 2.05. The average Bonchev–Trinajstić information content (AvgIpc) is 2.73. The molecule has 1 aliphatic heterocycles. The fourth-order valence-electron chi connectivity index (χ4n) is 3.13. The predicted octanol–water partition coefficient (Wildman–Crippen LogP) is 1.87. The third-order valence-electron chi connectivity index (χ3n) is 4.43. The number of benzene rings is 2. The van der Waals surface area contributed by atoms with Gasteiger partial charge in [-0.2, -0.15) is 25.3 Å². The maximum absolute atomic E-state index is 12.7. The van der Waals surface area contributed by atoms with Crippen molar-refractivity contribution in [3.8, 4) is 0 Å². The van der Waals surface area contributed by atoms with Crippen LogP contribution < -0.4 is 16.4 Å².